The van der Waals surface area contributed by atoms with Gasteiger partial charge in [-0.05, 0) is 30.7 Å². The van der Waals surface area contributed by atoms with E-state index < -0.39 is 10.9 Å². The van der Waals surface area contributed by atoms with E-state index in [2.05, 4.69) is 10.3 Å². The molecule has 0 aliphatic heterocycles. The van der Waals surface area contributed by atoms with Gasteiger partial charge >= 0.3 is 5.97 Å². The Morgan fingerprint density at radius 3 is 2.70 bits per heavy atom. The number of benzene rings is 2. The lowest BCUT2D eigenvalue weighted by Crippen LogP contribution is -2.03. The molecule has 27 heavy (non-hydrogen) atoms. The first-order valence-electron chi connectivity index (χ1n) is 8.19. The molecule has 2 aromatic carbocycles. The van der Waals surface area contributed by atoms with Crippen molar-refractivity contribution < 1.29 is 14.5 Å². The van der Waals surface area contributed by atoms with Gasteiger partial charge in [-0.1, -0.05) is 6.07 Å². The van der Waals surface area contributed by atoms with Gasteiger partial charge in [-0.3, -0.25) is 14.9 Å². The lowest BCUT2D eigenvalue weighted by molar-refractivity contribution is -0.384. The largest absolute Gasteiger partial charge is 0.426 e. The number of carbonyl (C=O) groups excluding carboxylic acids is 1. The van der Waals surface area contributed by atoms with Crippen molar-refractivity contribution in [1.29, 1.82) is 0 Å². The van der Waals surface area contributed by atoms with Gasteiger partial charge in [0.15, 0.2) is 0 Å². The molecular weight excluding hydrogens is 348 g/mol. The number of carbonyl (C=O) groups is 1. The van der Waals surface area contributed by atoms with Crippen LogP contribution in [0.4, 0.5) is 11.4 Å². The second kappa shape index (κ2) is 7.28. The third-order valence-corrected chi connectivity index (χ3v) is 3.99. The zero-order chi connectivity index (χ0) is 19.6. The zero-order valence-corrected chi connectivity index (χ0v) is 15.1. The molecule has 0 saturated heterocycles. The molecule has 0 fully saturated rings. The summed E-state index contributed by atoms with van der Waals surface area (Å²) in [5, 5.41) is 14.1. The van der Waals surface area contributed by atoms with E-state index in [1.165, 1.54) is 19.1 Å². The second-order valence-electron chi connectivity index (χ2n) is 5.97. The van der Waals surface area contributed by atoms with Crippen molar-refractivity contribution in [2.75, 3.05) is 12.4 Å². The summed E-state index contributed by atoms with van der Waals surface area (Å²) >= 11 is 0. The minimum absolute atomic E-state index is 0.0183. The summed E-state index contributed by atoms with van der Waals surface area (Å²) in [6.07, 6.45) is 3.30. The van der Waals surface area contributed by atoms with Gasteiger partial charge in [0.05, 0.1) is 28.3 Å². The van der Waals surface area contributed by atoms with Crippen LogP contribution in [0.3, 0.4) is 0 Å². The molecule has 1 heterocycles. The number of esters is 1. The van der Waals surface area contributed by atoms with Gasteiger partial charge in [0.1, 0.15) is 5.75 Å². The molecule has 0 atom stereocenters. The summed E-state index contributed by atoms with van der Waals surface area (Å²) < 4.78 is 6.99. The van der Waals surface area contributed by atoms with Crippen molar-refractivity contribution in [3.63, 3.8) is 0 Å². The van der Waals surface area contributed by atoms with Gasteiger partial charge in [0.25, 0.3) is 5.69 Å². The van der Waals surface area contributed by atoms with Crippen molar-refractivity contribution in [3.8, 4) is 22.7 Å². The molecule has 0 spiro atoms. The fourth-order valence-electron chi connectivity index (χ4n) is 2.73. The molecule has 0 aliphatic carbocycles. The summed E-state index contributed by atoms with van der Waals surface area (Å²) in [6.45, 7) is 3.24. The van der Waals surface area contributed by atoms with E-state index in [4.69, 9.17) is 4.74 Å². The highest BCUT2D eigenvalue weighted by Crippen LogP contribution is 2.32. The SMILES string of the molecule is CNc1ccc([N+](=O)[O-])cc1-n1cnc(-c2ccc(C)cc2OC(C)=O)c1. The van der Waals surface area contributed by atoms with Crippen LogP contribution in [0.5, 0.6) is 5.75 Å². The third-order valence-electron chi connectivity index (χ3n) is 3.99. The maximum absolute atomic E-state index is 11.4. The Balaban J connectivity index is 2.07. The number of non-ortho nitro benzene ring substituents is 1. The van der Waals surface area contributed by atoms with Crippen molar-refractivity contribution in [1.82, 2.24) is 9.55 Å². The van der Waals surface area contributed by atoms with Crippen LogP contribution in [0.1, 0.15) is 12.5 Å². The number of nitrogens with one attached hydrogen (secondary N) is 1. The van der Waals surface area contributed by atoms with Crippen molar-refractivity contribution in [3.05, 3.63) is 64.6 Å². The molecule has 3 rings (SSSR count). The van der Waals surface area contributed by atoms with Crippen LogP contribution < -0.4 is 10.1 Å². The number of hydrogen-bond acceptors (Lipinski definition) is 6. The molecule has 0 saturated carbocycles. The average molecular weight is 366 g/mol. The first-order chi connectivity index (χ1) is 12.9. The molecule has 3 aromatic rings. The molecule has 0 aliphatic rings. The van der Waals surface area contributed by atoms with Crippen molar-refractivity contribution in [2.45, 2.75) is 13.8 Å². The van der Waals surface area contributed by atoms with E-state index in [-0.39, 0.29) is 5.69 Å². The molecule has 1 N–H and O–H groups in total. The summed E-state index contributed by atoms with van der Waals surface area (Å²) in [5.74, 6) is -0.00179. The number of hydrogen-bond donors (Lipinski definition) is 1. The number of nitro groups is 1. The lowest BCUT2D eigenvalue weighted by Gasteiger charge is -2.10. The quantitative estimate of drug-likeness (QED) is 0.320. The molecule has 138 valence electrons. The highest BCUT2D eigenvalue weighted by Gasteiger charge is 2.15. The van der Waals surface area contributed by atoms with Crippen LogP contribution in [0.25, 0.3) is 16.9 Å². The zero-order valence-electron chi connectivity index (χ0n) is 15.1. The summed E-state index contributed by atoms with van der Waals surface area (Å²) in [7, 11) is 1.74. The number of aromatic nitrogens is 2. The summed E-state index contributed by atoms with van der Waals surface area (Å²) in [6, 6.07) is 10.0. The Morgan fingerprint density at radius 1 is 1.26 bits per heavy atom. The van der Waals surface area contributed by atoms with Crippen LogP contribution in [0.2, 0.25) is 0 Å². The van der Waals surface area contributed by atoms with Gasteiger partial charge in [0.2, 0.25) is 0 Å². The fraction of sp³-hybridized carbons (Fsp3) is 0.158. The number of anilines is 1. The van der Waals surface area contributed by atoms with Gasteiger partial charge in [-0.15, -0.1) is 0 Å². The highest BCUT2D eigenvalue weighted by atomic mass is 16.6. The van der Waals surface area contributed by atoms with Crippen LogP contribution in [-0.4, -0.2) is 27.5 Å². The lowest BCUT2D eigenvalue weighted by atomic mass is 10.1. The highest BCUT2D eigenvalue weighted by molar-refractivity contribution is 5.76. The number of nitro benzene ring substituents is 1. The van der Waals surface area contributed by atoms with Gasteiger partial charge in [-0.2, -0.15) is 0 Å². The van der Waals surface area contributed by atoms with E-state index in [9.17, 15) is 14.9 Å². The van der Waals surface area contributed by atoms with Gasteiger partial charge in [-0.25, -0.2) is 4.98 Å². The molecule has 8 nitrogen and oxygen atoms in total. The third kappa shape index (κ3) is 3.79. The van der Waals surface area contributed by atoms with E-state index in [0.29, 0.717) is 28.4 Å². The van der Waals surface area contributed by atoms with Crippen molar-refractivity contribution >= 4 is 17.3 Å². The predicted molar refractivity (Wildman–Crippen MR) is 101 cm³/mol. The first-order valence-corrected chi connectivity index (χ1v) is 8.19. The normalized spacial score (nSPS) is 10.5. The second-order valence-corrected chi connectivity index (χ2v) is 5.97. The minimum Gasteiger partial charge on any atom is -0.426 e. The smallest absolute Gasteiger partial charge is 0.308 e. The maximum Gasteiger partial charge on any atom is 0.308 e. The molecule has 0 bridgehead atoms. The minimum atomic E-state index is -0.445. The molecule has 8 heteroatoms. The molecular formula is C19H18N4O4. The fourth-order valence-corrected chi connectivity index (χ4v) is 2.73. The number of rotatable bonds is 5. The molecule has 0 amide bonds. The Labute approximate surface area is 155 Å². The number of aryl methyl sites for hydroxylation is 1. The predicted octanol–water partition coefficient (Wildman–Crippen LogP) is 3.72. The monoisotopic (exact) mass is 366 g/mol. The number of nitrogens with zero attached hydrogens (tertiary/aromatic N) is 3. The Hall–Kier alpha value is -3.68. The van der Waals surface area contributed by atoms with Crippen LogP contribution in [-0.2, 0) is 4.79 Å². The Bertz CT molecular complexity index is 1030. The topological polar surface area (TPSA) is 99.3 Å². The van der Waals surface area contributed by atoms with Crippen molar-refractivity contribution in [2.24, 2.45) is 0 Å². The number of ether oxygens (including phenoxy) is 1. The van der Waals surface area contributed by atoms with Gasteiger partial charge < -0.3 is 14.6 Å². The van der Waals surface area contributed by atoms with Crippen LogP contribution in [0.15, 0.2) is 48.9 Å². The molecule has 0 radical (unpaired) electrons. The summed E-state index contributed by atoms with van der Waals surface area (Å²) in [4.78, 5) is 26.4. The van der Waals surface area contributed by atoms with E-state index in [0.717, 1.165) is 5.56 Å². The van der Waals surface area contributed by atoms with Gasteiger partial charge in [0, 0.05) is 37.9 Å². The Morgan fingerprint density at radius 2 is 2.04 bits per heavy atom. The van der Waals surface area contributed by atoms with E-state index >= 15 is 0 Å². The summed E-state index contributed by atoms with van der Waals surface area (Å²) in [5.41, 5.74) is 3.48. The average Bonchev–Trinajstić information content (AvgIpc) is 3.10. The van der Waals surface area contributed by atoms with E-state index in [1.54, 1.807) is 36.3 Å². The Kier molecular flexibility index (Phi) is 4.89. The van der Waals surface area contributed by atoms with Crippen LogP contribution >= 0.6 is 0 Å². The standard InChI is InChI=1S/C19H18N4O4/c1-12-4-6-15(19(8-12)27-13(2)24)17-10-22(11-21-17)18-9-14(23(25)26)5-7-16(18)20-3/h4-11,20H,1-3H3. The molecule has 0 unspecified atom stereocenters. The van der Waals surface area contributed by atoms with E-state index in [1.807, 2.05) is 19.1 Å². The maximum atomic E-state index is 11.4. The number of imidazole rings is 1. The first kappa shape index (κ1) is 18.1. The van der Waals surface area contributed by atoms with Crippen LogP contribution in [0, 0.1) is 17.0 Å². The molecule has 1 aromatic heterocycles.